The van der Waals surface area contributed by atoms with Crippen LogP contribution in [0.3, 0.4) is 0 Å². The summed E-state index contributed by atoms with van der Waals surface area (Å²) in [6.45, 7) is 2.62. The molecular weight excluding hydrogens is 238 g/mol. The van der Waals surface area contributed by atoms with Crippen molar-refractivity contribution in [1.29, 1.82) is 0 Å². The minimum Gasteiger partial charge on any atom is -0.454 e. The Kier molecular flexibility index (Phi) is 1.83. The number of carbonyl (C=O) groups is 1. The van der Waals surface area contributed by atoms with E-state index in [0.29, 0.717) is 29.4 Å². The highest BCUT2D eigenvalue weighted by Crippen LogP contribution is 2.41. The summed E-state index contributed by atoms with van der Waals surface area (Å²) in [5.41, 5.74) is 0.494. The molecule has 2 atom stereocenters. The van der Waals surface area contributed by atoms with Crippen LogP contribution in [0.15, 0.2) is 12.1 Å². The fraction of sp³-hybridized carbons (Fsp3) is 0.417. The first-order valence-electron chi connectivity index (χ1n) is 5.79. The minimum absolute atomic E-state index is 0.0207. The van der Waals surface area contributed by atoms with Gasteiger partial charge in [-0.2, -0.15) is 0 Å². The van der Waals surface area contributed by atoms with E-state index >= 15 is 0 Å². The summed E-state index contributed by atoms with van der Waals surface area (Å²) in [6.07, 6.45) is -0.645. The Morgan fingerprint density at radius 3 is 2.83 bits per heavy atom. The number of hydrogen-bond acceptors (Lipinski definition) is 5. The zero-order valence-electron chi connectivity index (χ0n) is 9.71. The molecule has 3 aliphatic rings. The van der Waals surface area contributed by atoms with Crippen LogP contribution < -0.4 is 14.2 Å². The van der Waals surface area contributed by atoms with Crippen molar-refractivity contribution >= 4 is 5.91 Å². The maximum atomic E-state index is 12.3. The van der Waals surface area contributed by atoms with Crippen molar-refractivity contribution in [3.8, 4) is 17.2 Å². The van der Waals surface area contributed by atoms with Gasteiger partial charge in [-0.15, -0.1) is 0 Å². The molecule has 1 aromatic rings. The molecule has 0 unspecified atom stereocenters. The zero-order valence-corrected chi connectivity index (χ0v) is 9.71. The van der Waals surface area contributed by atoms with E-state index < -0.39 is 6.41 Å². The quantitative estimate of drug-likeness (QED) is 0.685. The number of fused-ring (bicyclic) bond motifs is 3. The van der Waals surface area contributed by atoms with Gasteiger partial charge < -0.3 is 18.9 Å². The third-order valence-electron chi connectivity index (χ3n) is 3.25. The van der Waals surface area contributed by atoms with Crippen LogP contribution in [0.1, 0.15) is 17.3 Å². The molecule has 0 aliphatic carbocycles. The molecule has 0 radical (unpaired) electrons. The van der Waals surface area contributed by atoms with Gasteiger partial charge in [0.15, 0.2) is 11.5 Å². The van der Waals surface area contributed by atoms with Gasteiger partial charge in [-0.25, -0.2) is 0 Å². The summed E-state index contributed by atoms with van der Waals surface area (Å²) in [5.74, 6) is 1.57. The molecule has 0 bridgehead atoms. The van der Waals surface area contributed by atoms with Gasteiger partial charge >= 0.3 is 0 Å². The second-order valence-corrected chi connectivity index (χ2v) is 4.53. The number of hydrogen-bond donors (Lipinski definition) is 0. The van der Waals surface area contributed by atoms with Gasteiger partial charge in [0.1, 0.15) is 5.75 Å². The Morgan fingerprint density at radius 1 is 1.22 bits per heavy atom. The van der Waals surface area contributed by atoms with E-state index in [4.69, 9.17) is 18.9 Å². The summed E-state index contributed by atoms with van der Waals surface area (Å²) in [5, 5.41) is 0. The van der Waals surface area contributed by atoms with Crippen molar-refractivity contribution in [2.24, 2.45) is 0 Å². The van der Waals surface area contributed by atoms with Gasteiger partial charge in [0.25, 0.3) is 12.3 Å². The van der Waals surface area contributed by atoms with E-state index in [1.807, 2.05) is 6.92 Å². The van der Waals surface area contributed by atoms with Crippen LogP contribution in [0.25, 0.3) is 0 Å². The number of carbonyl (C=O) groups excluding carboxylic acids is 1. The standard InChI is InChI=1S/C12H11NO5/c1-6-4-13-11(14)7-2-9-10(16-5-15-9)3-8(7)18-12(13)17-6/h2-3,6,12H,4-5H2,1H3/t6-,12-/m0/s1. The van der Waals surface area contributed by atoms with Crippen molar-refractivity contribution in [2.45, 2.75) is 19.4 Å². The predicted molar refractivity (Wildman–Crippen MR) is 58.6 cm³/mol. The molecule has 94 valence electrons. The van der Waals surface area contributed by atoms with Crippen LogP contribution in [-0.2, 0) is 4.74 Å². The summed E-state index contributed by atoms with van der Waals surface area (Å²) in [4.78, 5) is 13.9. The first-order valence-corrected chi connectivity index (χ1v) is 5.79. The van der Waals surface area contributed by atoms with E-state index in [-0.39, 0.29) is 18.8 Å². The van der Waals surface area contributed by atoms with Crippen LogP contribution >= 0.6 is 0 Å². The first-order chi connectivity index (χ1) is 8.72. The fourth-order valence-corrected chi connectivity index (χ4v) is 2.40. The van der Waals surface area contributed by atoms with E-state index in [1.54, 1.807) is 17.0 Å². The Morgan fingerprint density at radius 2 is 2.00 bits per heavy atom. The highest BCUT2D eigenvalue weighted by molar-refractivity contribution is 5.99. The Balaban J connectivity index is 1.80. The highest BCUT2D eigenvalue weighted by Gasteiger charge is 2.42. The minimum atomic E-state index is -0.625. The normalized spacial score (nSPS) is 27.8. The van der Waals surface area contributed by atoms with Crippen molar-refractivity contribution in [2.75, 3.05) is 13.3 Å². The lowest BCUT2D eigenvalue weighted by molar-refractivity contribution is -0.121. The van der Waals surface area contributed by atoms with Gasteiger partial charge in [0, 0.05) is 12.1 Å². The molecule has 1 saturated heterocycles. The third kappa shape index (κ3) is 1.23. The molecule has 0 spiro atoms. The van der Waals surface area contributed by atoms with Crippen molar-refractivity contribution in [3.63, 3.8) is 0 Å². The maximum absolute atomic E-state index is 12.3. The van der Waals surface area contributed by atoms with Gasteiger partial charge in [0.2, 0.25) is 6.79 Å². The van der Waals surface area contributed by atoms with Gasteiger partial charge in [-0.05, 0) is 6.92 Å². The molecule has 0 saturated carbocycles. The molecule has 6 nitrogen and oxygen atoms in total. The number of benzene rings is 1. The number of rotatable bonds is 0. The predicted octanol–water partition coefficient (Wildman–Crippen LogP) is 0.952. The average molecular weight is 249 g/mol. The summed E-state index contributed by atoms with van der Waals surface area (Å²) in [6, 6.07) is 3.35. The zero-order chi connectivity index (χ0) is 12.3. The number of nitrogens with zero attached hydrogens (tertiary/aromatic N) is 1. The molecule has 3 aliphatic heterocycles. The second-order valence-electron chi connectivity index (χ2n) is 4.53. The van der Waals surface area contributed by atoms with Crippen LogP contribution in [0.2, 0.25) is 0 Å². The van der Waals surface area contributed by atoms with Crippen molar-refractivity contribution in [3.05, 3.63) is 17.7 Å². The Bertz CT molecular complexity index is 544. The molecule has 1 amide bonds. The largest absolute Gasteiger partial charge is 0.454 e. The maximum Gasteiger partial charge on any atom is 0.286 e. The lowest BCUT2D eigenvalue weighted by Crippen LogP contribution is -2.43. The smallest absolute Gasteiger partial charge is 0.286 e. The molecule has 6 heteroatoms. The average Bonchev–Trinajstić information content (AvgIpc) is 2.92. The highest BCUT2D eigenvalue weighted by atomic mass is 16.7. The summed E-state index contributed by atoms with van der Waals surface area (Å²) in [7, 11) is 0. The number of amides is 1. The molecule has 1 aromatic carbocycles. The van der Waals surface area contributed by atoms with Crippen LogP contribution in [-0.4, -0.2) is 36.7 Å². The molecule has 0 N–H and O–H groups in total. The molecule has 1 fully saturated rings. The lowest BCUT2D eigenvalue weighted by Gasteiger charge is -2.29. The van der Waals surface area contributed by atoms with E-state index in [9.17, 15) is 4.79 Å². The van der Waals surface area contributed by atoms with E-state index in [2.05, 4.69) is 0 Å². The van der Waals surface area contributed by atoms with E-state index in [1.165, 1.54) is 0 Å². The Labute approximate surface area is 103 Å². The van der Waals surface area contributed by atoms with E-state index in [0.717, 1.165) is 0 Å². The lowest BCUT2D eigenvalue weighted by atomic mass is 10.1. The van der Waals surface area contributed by atoms with Gasteiger partial charge in [0.05, 0.1) is 18.2 Å². The molecular formula is C12H11NO5. The second kappa shape index (κ2) is 3.29. The number of ether oxygens (including phenoxy) is 4. The van der Waals surface area contributed by atoms with Crippen molar-refractivity contribution < 1.29 is 23.7 Å². The first kappa shape index (κ1) is 10.0. The monoisotopic (exact) mass is 249 g/mol. The topological polar surface area (TPSA) is 57.2 Å². The van der Waals surface area contributed by atoms with Crippen LogP contribution in [0, 0.1) is 0 Å². The fourth-order valence-electron chi connectivity index (χ4n) is 2.40. The molecule has 3 heterocycles. The van der Waals surface area contributed by atoms with Crippen molar-refractivity contribution in [1.82, 2.24) is 4.90 Å². The van der Waals surface area contributed by atoms with Gasteiger partial charge in [-0.1, -0.05) is 0 Å². The van der Waals surface area contributed by atoms with Crippen LogP contribution in [0.5, 0.6) is 17.2 Å². The summed E-state index contributed by atoms with van der Waals surface area (Å²) < 4.78 is 21.7. The molecule has 4 rings (SSSR count). The van der Waals surface area contributed by atoms with Gasteiger partial charge in [-0.3, -0.25) is 9.69 Å². The Hall–Kier alpha value is -1.95. The SMILES string of the molecule is C[C@H]1CN2C(=O)c3cc4c(cc3O[C@@H]2O1)OCO4. The van der Waals surface area contributed by atoms with Crippen LogP contribution in [0.4, 0.5) is 0 Å². The molecule has 0 aromatic heterocycles. The molecule has 18 heavy (non-hydrogen) atoms. The summed E-state index contributed by atoms with van der Waals surface area (Å²) >= 11 is 0. The third-order valence-corrected chi connectivity index (χ3v) is 3.25.